The van der Waals surface area contributed by atoms with Crippen LogP contribution in [0.25, 0.3) is 0 Å². The Balaban J connectivity index is 1.97. The van der Waals surface area contributed by atoms with E-state index in [9.17, 15) is 13.6 Å². The second-order valence-electron chi connectivity index (χ2n) is 5.08. The fourth-order valence-electron chi connectivity index (χ4n) is 1.95. The van der Waals surface area contributed by atoms with Crippen LogP contribution >= 0.6 is 0 Å². The van der Waals surface area contributed by atoms with Crippen molar-refractivity contribution in [3.63, 3.8) is 0 Å². The molecule has 0 saturated heterocycles. The van der Waals surface area contributed by atoms with Crippen molar-refractivity contribution in [2.45, 2.75) is 38.5 Å². The van der Waals surface area contributed by atoms with E-state index in [1.807, 2.05) is 19.9 Å². The summed E-state index contributed by atoms with van der Waals surface area (Å²) in [5, 5.41) is 2.59. The van der Waals surface area contributed by atoms with Gasteiger partial charge in [-0.25, -0.2) is 13.8 Å². The van der Waals surface area contributed by atoms with E-state index < -0.39 is 11.8 Å². The van der Waals surface area contributed by atoms with Crippen LogP contribution < -0.4 is 5.32 Å². The third-order valence-electron chi connectivity index (χ3n) is 3.16. The Morgan fingerprint density at radius 2 is 2.17 bits per heavy atom. The van der Waals surface area contributed by atoms with Gasteiger partial charge in [0.2, 0.25) is 11.8 Å². The van der Waals surface area contributed by atoms with Gasteiger partial charge in [0, 0.05) is 25.0 Å². The minimum Gasteiger partial charge on any atom is -0.310 e. The molecule has 2 rings (SSSR count). The fourth-order valence-corrected chi connectivity index (χ4v) is 1.95. The largest absolute Gasteiger partial charge is 0.310 e. The molecular formula is C13H16F2N2O. The number of nitrogens with zero attached hydrogens (tertiary/aromatic N) is 1. The van der Waals surface area contributed by atoms with Crippen LogP contribution in [0.3, 0.4) is 0 Å². The molecular weight excluding hydrogens is 238 g/mol. The molecule has 1 saturated carbocycles. The lowest BCUT2D eigenvalue weighted by molar-refractivity contribution is -0.145. The van der Waals surface area contributed by atoms with Gasteiger partial charge in [-0.15, -0.1) is 0 Å². The zero-order valence-corrected chi connectivity index (χ0v) is 10.4. The lowest BCUT2D eigenvalue weighted by atomic mass is 9.81. The number of halogens is 2. The SMILES string of the molecule is CC(C)c1ccnc(NC(=O)C2CC(F)(F)C2)c1. The molecule has 1 aromatic rings. The number of aromatic nitrogens is 1. The number of nitrogens with one attached hydrogen (secondary N) is 1. The minimum atomic E-state index is -2.67. The summed E-state index contributed by atoms with van der Waals surface area (Å²) in [7, 11) is 0. The molecule has 1 aromatic heterocycles. The van der Waals surface area contributed by atoms with Gasteiger partial charge in [0.1, 0.15) is 5.82 Å². The van der Waals surface area contributed by atoms with E-state index in [0.29, 0.717) is 11.7 Å². The summed E-state index contributed by atoms with van der Waals surface area (Å²) in [5.74, 6) is -2.87. The van der Waals surface area contributed by atoms with Crippen LogP contribution in [0.1, 0.15) is 38.2 Å². The normalized spacial score (nSPS) is 18.5. The molecule has 3 nitrogen and oxygen atoms in total. The van der Waals surface area contributed by atoms with Crippen molar-refractivity contribution < 1.29 is 13.6 Å². The minimum absolute atomic E-state index is 0.330. The van der Waals surface area contributed by atoms with Gasteiger partial charge in [0.05, 0.1) is 0 Å². The molecule has 1 heterocycles. The summed E-state index contributed by atoms with van der Waals surface area (Å²) in [6.45, 7) is 4.07. The topological polar surface area (TPSA) is 42.0 Å². The number of alkyl halides is 2. The Morgan fingerprint density at radius 1 is 1.50 bits per heavy atom. The first-order valence-electron chi connectivity index (χ1n) is 6.02. The van der Waals surface area contributed by atoms with E-state index in [-0.39, 0.29) is 18.7 Å². The Hall–Kier alpha value is -1.52. The maximum Gasteiger partial charge on any atom is 0.249 e. The number of carbonyl (C=O) groups is 1. The van der Waals surface area contributed by atoms with Crippen molar-refractivity contribution in [3.05, 3.63) is 23.9 Å². The smallest absolute Gasteiger partial charge is 0.249 e. The second-order valence-corrected chi connectivity index (χ2v) is 5.08. The second kappa shape index (κ2) is 4.63. The van der Waals surface area contributed by atoms with E-state index >= 15 is 0 Å². The number of anilines is 1. The first-order valence-corrected chi connectivity index (χ1v) is 6.02. The lowest BCUT2D eigenvalue weighted by Gasteiger charge is -2.33. The number of pyridine rings is 1. The molecule has 1 aliphatic carbocycles. The molecule has 98 valence electrons. The third-order valence-corrected chi connectivity index (χ3v) is 3.16. The van der Waals surface area contributed by atoms with Crippen molar-refractivity contribution in [1.82, 2.24) is 4.98 Å². The highest BCUT2D eigenvalue weighted by Crippen LogP contribution is 2.42. The van der Waals surface area contributed by atoms with Crippen molar-refractivity contribution >= 4 is 11.7 Å². The van der Waals surface area contributed by atoms with Crippen LogP contribution in [0.15, 0.2) is 18.3 Å². The zero-order chi connectivity index (χ0) is 13.3. The maximum atomic E-state index is 12.7. The number of hydrogen-bond donors (Lipinski definition) is 1. The van der Waals surface area contributed by atoms with Gasteiger partial charge in [-0.2, -0.15) is 0 Å². The summed E-state index contributed by atoms with van der Waals surface area (Å²) in [5.41, 5.74) is 1.05. The molecule has 1 aliphatic rings. The van der Waals surface area contributed by atoms with Crippen LogP contribution in [0, 0.1) is 5.92 Å². The molecule has 0 aromatic carbocycles. The van der Waals surface area contributed by atoms with Crippen molar-refractivity contribution in [2.24, 2.45) is 5.92 Å². The number of rotatable bonds is 3. The first kappa shape index (κ1) is 12.9. The third kappa shape index (κ3) is 2.83. The average molecular weight is 254 g/mol. The van der Waals surface area contributed by atoms with E-state index in [2.05, 4.69) is 10.3 Å². The van der Waals surface area contributed by atoms with E-state index in [4.69, 9.17) is 0 Å². The molecule has 18 heavy (non-hydrogen) atoms. The number of carbonyl (C=O) groups excluding carboxylic acids is 1. The summed E-state index contributed by atoms with van der Waals surface area (Å²) in [4.78, 5) is 15.7. The van der Waals surface area contributed by atoms with Crippen LogP contribution in [0.5, 0.6) is 0 Å². The van der Waals surface area contributed by atoms with Gasteiger partial charge in [-0.05, 0) is 23.6 Å². The number of hydrogen-bond acceptors (Lipinski definition) is 2. The van der Waals surface area contributed by atoms with Gasteiger partial charge in [0.15, 0.2) is 0 Å². The highest BCUT2D eigenvalue weighted by Gasteiger charge is 2.48. The van der Waals surface area contributed by atoms with E-state index in [1.54, 1.807) is 12.3 Å². The highest BCUT2D eigenvalue weighted by atomic mass is 19.3. The molecule has 0 bridgehead atoms. The zero-order valence-electron chi connectivity index (χ0n) is 10.4. The van der Waals surface area contributed by atoms with Gasteiger partial charge in [-0.1, -0.05) is 13.8 Å². The Morgan fingerprint density at radius 3 is 2.72 bits per heavy atom. The van der Waals surface area contributed by atoms with Crippen LogP contribution in [0.2, 0.25) is 0 Å². The van der Waals surface area contributed by atoms with Gasteiger partial charge in [-0.3, -0.25) is 4.79 Å². The maximum absolute atomic E-state index is 12.7. The van der Waals surface area contributed by atoms with E-state index in [1.165, 1.54) is 0 Å². The van der Waals surface area contributed by atoms with E-state index in [0.717, 1.165) is 5.56 Å². The quantitative estimate of drug-likeness (QED) is 0.900. The average Bonchev–Trinajstić information content (AvgIpc) is 2.26. The molecule has 0 atom stereocenters. The molecule has 1 amide bonds. The predicted molar refractivity (Wildman–Crippen MR) is 64.6 cm³/mol. The summed E-state index contributed by atoms with van der Waals surface area (Å²) in [6.07, 6.45) is 0.895. The number of amides is 1. The molecule has 1 N–H and O–H groups in total. The first-order chi connectivity index (χ1) is 8.37. The van der Waals surface area contributed by atoms with Crippen LogP contribution in [-0.2, 0) is 4.79 Å². The molecule has 0 radical (unpaired) electrons. The van der Waals surface area contributed by atoms with Gasteiger partial charge < -0.3 is 5.32 Å². The predicted octanol–water partition coefficient (Wildman–Crippen LogP) is 3.19. The Bertz CT molecular complexity index is 452. The highest BCUT2D eigenvalue weighted by molar-refractivity contribution is 5.92. The molecule has 5 heteroatoms. The van der Waals surface area contributed by atoms with Crippen LogP contribution in [-0.4, -0.2) is 16.8 Å². The van der Waals surface area contributed by atoms with Gasteiger partial charge in [0.25, 0.3) is 0 Å². The fraction of sp³-hybridized carbons (Fsp3) is 0.538. The lowest BCUT2D eigenvalue weighted by Crippen LogP contribution is -2.42. The Labute approximate surface area is 105 Å². The van der Waals surface area contributed by atoms with Crippen LogP contribution in [0.4, 0.5) is 14.6 Å². The monoisotopic (exact) mass is 254 g/mol. The van der Waals surface area contributed by atoms with Gasteiger partial charge >= 0.3 is 0 Å². The molecule has 0 unspecified atom stereocenters. The van der Waals surface area contributed by atoms with Crippen molar-refractivity contribution in [1.29, 1.82) is 0 Å². The standard InChI is InChI=1S/C13H16F2N2O/c1-8(2)9-3-4-16-11(5-9)17-12(18)10-6-13(14,15)7-10/h3-5,8,10H,6-7H2,1-2H3,(H,16,17,18). The Kier molecular flexibility index (Phi) is 3.32. The summed E-state index contributed by atoms with van der Waals surface area (Å²) >= 11 is 0. The molecule has 0 aliphatic heterocycles. The molecule has 1 fully saturated rings. The van der Waals surface area contributed by atoms with Crippen molar-refractivity contribution in [3.8, 4) is 0 Å². The van der Waals surface area contributed by atoms with Crippen molar-refractivity contribution in [2.75, 3.05) is 5.32 Å². The summed E-state index contributed by atoms with van der Waals surface area (Å²) in [6, 6.07) is 3.65. The molecule has 0 spiro atoms. The summed E-state index contributed by atoms with van der Waals surface area (Å²) < 4.78 is 25.3.